The van der Waals surface area contributed by atoms with Crippen LogP contribution in [0.2, 0.25) is 10.0 Å². The summed E-state index contributed by atoms with van der Waals surface area (Å²) in [5, 5.41) is 14.7. The van der Waals surface area contributed by atoms with Crippen LogP contribution in [0.15, 0.2) is 42.5 Å². The average Bonchev–Trinajstić information content (AvgIpc) is 3.07. The maximum absolute atomic E-state index is 11.7. The molecule has 0 radical (unpaired) electrons. The van der Waals surface area contributed by atoms with E-state index in [1.807, 2.05) is 18.2 Å². The van der Waals surface area contributed by atoms with Crippen LogP contribution in [0.1, 0.15) is 46.8 Å². The van der Waals surface area contributed by atoms with Gasteiger partial charge in [0.25, 0.3) is 0 Å². The van der Waals surface area contributed by atoms with Gasteiger partial charge in [-0.05, 0) is 55.2 Å². The van der Waals surface area contributed by atoms with Gasteiger partial charge in [-0.25, -0.2) is 0 Å². The lowest BCUT2D eigenvalue weighted by atomic mass is 9.76. The zero-order chi connectivity index (χ0) is 17.7. The van der Waals surface area contributed by atoms with Gasteiger partial charge in [0, 0.05) is 27.8 Å². The second kappa shape index (κ2) is 6.08. The number of ketones is 1. The fourth-order valence-electron chi connectivity index (χ4n) is 3.94. The first kappa shape index (κ1) is 16.5. The molecule has 0 spiro atoms. The number of allylic oxidation sites excluding steroid dienone is 2. The highest BCUT2D eigenvalue weighted by Gasteiger charge is 2.39. The van der Waals surface area contributed by atoms with Gasteiger partial charge in [-0.3, -0.25) is 4.79 Å². The van der Waals surface area contributed by atoms with Crippen LogP contribution in [-0.4, -0.2) is 10.9 Å². The van der Waals surface area contributed by atoms with Crippen molar-refractivity contribution in [2.24, 2.45) is 5.92 Å². The van der Waals surface area contributed by atoms with Gasteiger partial charge in [0.15, 0.2) is 5.78 Å². The number of nitrogens with one attached hydrogen (secondary N) is 1. The van der Waals surface area contributed by atoms with Crippen molar-refractivity contribution < 1.29 is 9.90 Å². The molecule has 3 atom stereocenters. The number of halogens is 2. The standard InChI is InChI=1S/C20H17Cl2NO2/c1-10(24)11-5-6-18-15(7-11)13-3-2-4-14(13)19(23-18)16-8-12(21)9-17(22)20(16)25/h2-3,5-9,13-14,19,23,25H,4H2,1H3. The van der Waals surface area contributed by atoms with E-state index in [0.717, 1.165) is 17.7 Å². The Bertz CT molecular complexity index is 907. The van der Waals surface area contributed by atoms with Crippen molar-refractivity contribution in [2.75, 3.05) is 5.32 Å². The highest BCUT2D eigenvalue weighted by Crippen LogP contribution is 2.52. The maximum Gasteiger partial charge on any atom is 0.159 e. The number of carbonyl (C=O) groups excluding carboxylic acids is 1. The van der Waals surface area contributed by atoms with E-state index in [1.165, 1.54) is 0 Å². The van der Waals surface area contributed by atoms with E-state index in [0.29, 0.717) is 16.1 Å². The van der Waals surface area contributed by atoms with Crippen LogP contribution in [-0.2, 0) is 0 Å². The number of aromatic hydroxyl groups is 1. The number of hydrogen-bond donors (Lipinski definition) is 2. The molecule has 0 aromatic heterocycles. The summed E-state index contributed by atoms with van der Waals surface area (Å²) in [4.78, 5) is 11.7. The molecule has 0 amide bonds. The predicted octanol–water partition coefficient (Wildman–Crippen LogP) is 5.73. The molecule has 128 valence electrons. The third-order valence-electron chi connectivity index (χ3n) is 5.16. The Morgan fingerprint density at radius 3 is 2.76 bits per heavy atom. The van der Waals surface area contributed by atoms with Gasteiger partial charge < -0.3 is 10.4 Å². The molecule has 4 rings (SSSR count). The lowest BCUT2D eigenvalue weighted by molar-refractivity contribution is 0.101. The molecule has 2 aromatic carbocycles. The fourth-order valence-corrected chi connectivity index (χ4v) is 4.45. The molecule has 1 heterocycles. The number of benzene rings is 2. The Morgan fingerprint density at radius 1 is 1.20 bits per heavy atom. The second-order valence-electron chi connectivity index (χ2n) is 6.66. The Morgan fingerprint density at radius 2 is 2.00 bits per heavy atom. The zero-order valence-electron chi connectivity index (χ0n) is 13.6. The molecule has 2 aromatic rings. The van der Waals surface area contributed by atoms with E-state index in [9.17, 15) is 9.90 Å². The van der Waals surface area contributed by atoms with Crippen LogP contribution in [0.5, 0.6) is 5.75 Å². The Hall–Kier alpha value is -1.97. The molecule has 3 nitrogen and oxygen atoms in total. The number of phenols is 1. The van der Waals surface area contributed by atoms with Crippen molar-refractivity contribution in [3.63, 3.8) is 0 Å². The molecule has 25 heavy (non-hydrogen) atoms. The summed E-state index contributed by atoms with van der Waals surface area (Å²) < 4.78 is 0. The lowest BCUT2D eigenvalue weighted by Crippen LogP contribution is -2.29. The van der Waals surface area contributed by atoms with Crippen molar-refractivity contribution in [1.82, 2.24) is 0 Å². The maximum atomic E-state index is 11.7. The summed E-state index contributed by atoms with van der Waals surface area (Å²) in [7, 11) is 0. The first-order valence-corrected chi connectivity index (χ1v) is 8.97. The predicted molar refractivity (Wildman–Crippen MR) is 101 cm³/mol. The molecule has 0 saturated heterocycles. The van der Waals surface area contributed by atoms with E-state index in [1.54, 1.807) is 19.1 Å². The van der Waals surface area contributed by atoms with Crippen molar-refractivity contribution in [3.05, 3.63) is 69.2 Å². The summed E-state index contributed by atoms with van der Waals surface area (Å²) in [6.07, 6.45) is 5.23. The van der Waals surface area contributed by atoms with Gasteiger partial charge in [-0.2, -0.15) is 0 Å². The summed E-state index contributed by atoms with van der Waals surface area (Å²) >= 11 is 12.3. The summed E-state index contributed by atoms with van der Waals surface area (Å²) in [5.74, 6) is 0.550. The molecule has 0 saturated carbocycles. The number of phenolic OH excluding ortho intramolecular Hbond substituents is 1. The first-order chi connectivity index (χ1) is 12.0. The molecule has 2 aliphatic rings. The molecule has 5 heteroatoms. The summed E-state index contributed by atoms with van der Waals surface area (Å²) in [6, 6.07) is 8.94. The first-order valence-electron chi connectivity index (χ1n) is 8.21. The molecular formula is C20H17Cl2NO2. The van der Waals surface area contributed by atoms with E-state index in [4.69, 9.17) is 23.2 Å². The van der Waals surface area contributed by atoms with Crippen LogP contribution in [0.4, 0.5) is 5.69 Å². The van der Waals surface area contributed by atoms with Crippen LogP contribution < -0.4 is 5.32 Å². The van der Waals surface area contributed by atoms with Gasteiger partial charge in [0.1, 0.15) is 5.75 Å². The van der Waals surface area contributed by atoms with Gasteiger partial charge in [-0.1, -0.05) is 35.4 Å². The largest absolute Gasteiger partial charge is 0.506 e. The van der Waals surface area contributed by atoms with E-state index in [-0.39, 0.29) is 34.4 Å². The van der Waals surface area contributed by atoms with E-state index in [2.05, 4.69) is 17.5 Å². The monoisotopic (exact) mass is 373 g/mol. The minimum Gasteiger partial charge on any atom is -0.506 e. The normalized spacial score (nSPS) is 23.7. The second-order valence-corrected chi connectivity index (χ2v) is 7.50. The number of carbonyl (C=O) groups is 1. The van der Waals surface area contributed by atoms with Gasteiger partial charge in [0.05, 0.1) is 11.1 Å². The summed E-state index contributed by atoms with van der Waals surface area (Å²) in [6.45, 7) is 1.58. The number of anilines is 1. The minimum absolute atomic E-state index is 0.0581. The molecule has 1 aliphatic carbocycles. The Kier molecular flexibility index (Phi) is 4.01. The topological polar surface area (TPSA) is 49.3 Å². The van der Waals surface area contributed by atoms with Crippen LogP contribution in [0, 0.1) is 5.92 Å². The number of fused-ring (bicyclic) bond motifs is 3. The third-order valence-corrected chi connectivity index (χ3v) is 5.67. The average molecular weight is 374 g/mol. The quantitative estimate of drug-likeness (QED) is 0.522. The van der Waals surface area contributed by atoms with Crippen molar-refractivity contribution in [3.8, 4) is 5.75 Å². The van der Waals surface area contributed by atoms with Crippen LogP contribution >= 0.6 is 23.2 Å². The molecular weight excluding hydrogens is 357 g/mol. The molecule has 0 fully saturated rings. The fraction of sp³-hybridized carbons (Fsp3) is 0.250. The van der Waals surface area contributed by atoms with Gasteiger partial charge in [0.2, 0.25) is 0 Å². The Balaban J connectivity index is 1.82. The molecule has 0 bridgehead atoms. The van der Waals surface area contributed by atoms with Gasteiger partial charge >= 0.3 is 0 Å². The van der Waals surface area contributed by atoms with Gasteiger partial charge in [-0.15, -0.1) is 0 Å². The number of Topliss-reactive ketones (excluding diaryl/α,β-unsaturated/α-hetero) is 1. The number of hydrogen-bond acceptors (Lipinski definition) is 3. The van der Waals surface area contributed by atoms with Crippen molar-refractivity contribution in [2.45, 2.75) is 25.3 Å². The zero-order valence-corrected chi connectivity index (χ0v) is 15.1. The minimum atomic E-state index is -0.105. The van der Waals surface area contributed by atoms with Crippen molar-refractivity contribution >= 4 is 34.7 Å². The van der Waals surface area contributed by atoms with E-state index < -0.39 is 0 Å². The Labute approximate surface area is 156 Å². The smallest absolute Gasteiger partial charge is 0.159 e. The molecule has 1 aliphatic heterocycles. The van der Waals surface area contributed by atoms with Crippen LogP contribution in [0.3, 0.4) is 0 Å². The molecule has 3 unspecified atom stereocenters. The highest BCUT2D eigenvalue weighted by molar-refractivity contribution is 6.35. The van der Waals surface area contributed by atoms with Crippen LogP contribution in [0.25, 0.3) is 0 Å². The summed E-state index contributed by atoms with van der Waals surface area (Å²) in [5.41, 5.74) is 3.51. The highest BCUT2D eigenvalue weighted by atomic mass is 35.5. The third kappa shape index (κ3) is 2.72. The SMILES string of the molecule is CC(=O)c1ccc2c(c1)C1C=CCC1C(c1cc(Cl)cc(Cl)c1O)N2. The van der Waals surface area contributed by atoms with Crippen molar-refractivity contribution in [1.29, 1.82) is 0 Å². The number of rotatable bonds is 2. The molecule has 2 N–H and O–H groups in total. The van der Waals surface area contributed by atoms with E-state index >= 15 is 0 Å². The lowest BCUT2D eigenvalue weighted by Gasteiger charge is -2.38.